The molecule has 0 spiro atoms. The molecule has 0 saturated carbocycles. The van der Waals surface area contributed by atoms with Gasteiger partial charge in [-0.2, -0.15) is 0 Å². The smallest absolute Gasteiger partial charge is 0.247 e. The monoisotopic (exact) mass is 300 g/mol. The molecule has 1 aromatic carbocycles. The Bertz CT molecular complexity index is 537. The van der Waals surface area contributed by atoms with Crippen molar-refractivity contribution < 1.29 is 9.59 Å². The molecule has 0 N–H and O–H groups in total. The summed E-state index contributed by atoms with van der Waals surface area (Å²) in [5.74, 6) is -0.000615. The van der Waals surface area contributed by atoms with Crippen LogP contribution in [0.1, 0.15) is 38.2 Å². The lowest BCUT2D eigenvalue weighted by atomic mass is 10.1. The third-order valence-electron chi connectivity index (χ3n) is 4.81. The molecule has 0 radical (unpaired) electrons. The maximum Gasteiger partial charge on any atom is 0.247 e. The second-order valence-corrected chi connectivity index (χ2v) is 6.46. The van der Waals surface area contributed by atoms with Gasteiger partial charge in [-0.1, -0.05) is 36.8 Å². The number of rotatable bonds is 4. The first-order chi connectivity index (χ1) is 10.7. The number of likely N-dealkylation sites (tertiary alicyclic amines) is 2. The van der Waals surface area contributed by atoms with E-state index in [9.17, 15) is 9.59 Å². The Hall–Kier alpha value is -1.68. The molecule has 118 valence electrons. The summed E-state index contributed by atoms with van der Waals surface area (Å²) in [6.45, 7) is 3.87. The molecule has 0 aliphatic carbocycles. The molecule has 2 heterocycles. The molecule has 2 unspecified atom stereocenters. The summed E-state index contributed by atoms with van der Waals surface area (Å²) >= 11 is 0. The summed E-state index contributed by atoms with van der Waals surface area (Å²) < 4.78 is 0. The molecule has 1 aromatic rings. The molecule has 0 aromatic heterocycles. The molecular weight excluding hydrogens is 276 g/mol. The summed E-state index contributed by atoms with van der Waals surface area (Å²) in [5.41, 5.74) is 1.16. The highest BCUT2D eigenvalue weighted by molar-refractivity contribution is 6.05. The number of hydrogen-bond donors (Lipinski definition) is 0. The van der Waals surface area contributed by atoms with Crippen molar-refractivity contribution in [2.75, 3.05) is 13.1 Å². The van der Waals surface area contributed by atoms with Gasteiger partial charge in [0.05, 0.1) is 12.5 Å². The third-order valence-corrected chi connectivity index (χ3v) is 4.81. The molecule has 4 nitrogen and oxygen atoms in total. The highest BCUT2D eigenvalue weighted by atomic mass is 16.2. The Morgan fingerprint density at radius 2 is 1.77 bits per heavy atom. The Labute approximate surface area is 132 Å². The van der Waals surface area contributed by atoms with E-state index in [-0.39, 0.29) is 23.9 Å². The summed E-state index contributed by atoms with van der Waals surface area (Å²) in [6.07, 6.45) is 4.59. The first-order valence-electron chi connectivity index (χ1n) is 8.30. The molecule has 4 heteroatoms. The Kier molecular flexibility index (Phi) is 4.57. The van der Waals surface area contributed by atoms with Gasteiger partial charge in [-0.05, 0) is 44.8 Å². The zero-order chi connectivity index (χ0) is 15.5. The van der Waals surface area contributed by atoms with Gasteiger partial charge in [0, 0.05) is 6.04 Å². The number of amides is 2. The van der Waals surface area contributed by atoms with Gasteiger partial charge in [-0.15, -0.1) is 0 Å². The summed E-state index contributed by atoms with van der Waals surface area (Å²) in [6, 6.07) is 9.77. The Balaban J connectivity index is 1.68. The second kappa shape index (κ2) is 6.61. The van der Waals surface area contributed by atoms with Gasteiger partial charge in [-0.3, -0.25) is 19.4 Å². The van der Waals surface area contributed by atoms with E-state index >= 15 is 0 Å². The summed E-state index contributed by atoms with van der Waals surface area (Å²) in [5, 5.41) is 0. The van der Waals surface area contributed by atoms with E-state index < -0.39 is 0 Å². The van der Waals surface area contributed by atoms with Crippen LogP contribution in [-0.4, -0.2) is 46.8 Å². The van der Waals surface area contributed by atoms with Crippen LogP contribution in [0.5, 0.6) is 0 Å². The Morgan fingerprint density at radius 1 is 1.09 bits per heavy atom. The highest BCUT2D eigenvalue weighted by Gasteiger charge is 2.43. The van der Waals surface area contributed by atoms with Gasteiger partial charge < -0.3 is 0 Å². The van der Waals surface area contributed by atoms with Crippen molar-refractivity contribution in [3.8, 4) is 0 Å². The topological polar surface area (TPSA) is 40.6 Å². The minimum atomic E-state index is -0.217. The highest BCUT2D eigenvalue weighted by Crippen LogP contribution is 2.25. The number of nitrogens with zero attached hydrogens (tertiary/aromatic N) is 2. The molecule has 2 amide bonds. The molecule has 3 rings (SSSR count). The maximum absolute atomic E-state index is 12.7. The molecule has 22 heavy (non-hydrogen) atoms. The SMILES string of the molecule is CC(Cc1ccccc1)N1C(=O)CC(N2CCCCC2)C1=O. The number of carbonyl (C=O) groups is 2. The zero-order valence-electron chi connectivity index (χ0n) is 13.2. The van der Waals surface area contributed by atoms with Crippen LogP contribution in [0.2, 0.25) is 0 Å². The average Bonchev–Trinajstić information content (AvgIpc) is 2.84. The molecule has 0 bridgehead atoms. The molecule has 2 atom stereocenters. The minimum Gasteiger partial charge on any atom is -0.292 e. The van der Waals surface area contributed by atoms with Crippen molar-refractivity contribution in [1.29, 1.82) is 0 Å². The van der Waals surface area contributed by atoms with Crippen LogP contribution in [0.25, 0.3) is 0 Å². The van der Waals surface area contributed by atoms with Crippen LogP contribution < -0.4 is 0 Å². The van der Waals surface area contributed by atoms with E-state index in [0.717, 1.165) is 37.9 Å². The standard InChI is InChI=1S/C18H24N2O2/c1-14(12-15-8-4-2-5-9-15)20-17(21)13-16(18(20)22)19-10-6-3-7-11-19/h2,4-5,8-9,14,16H,3,6-7,10-13H2,1H3. The van der Waals surface area contributed by atoms with E-state index in [1.54, 1.807) is 0 Å². The van der Waals surface area contributed by atoms with E-state index in [0.29, 0.717) is 6.42 Å². The average molecular weight is 300 g/mol. The first-order valence-corrected chi connectivity index (χ1v) is 8.30. The fraction of sp³-hybridized carbons (Fsp3) is 0.556. The fourth-order valence-corrected chi connectivity index (χ4v) is 3.66. The number of hydrogen-bond acceptors (Lipinski definition) is 3. The normalized spacial score (nSPS) is 24.8. The molecular formula is C18H24N2O2. The number of imide groups is 1. The minimum absolute atomic E-state index is 0.00957. The van der Waals surface area contributed by atoms with Crippen molar-refractivity contribution in [3.63, 3.8) is 0 Å². The van der Waals surface area contributed by atoms with Crippen molar-refractivity contribution in [2.45, 2.75) is 51.1 Å². The second-order valence-electron chi connectivity index (χ2n) is 6.46. The van der Waals surface area contributed by atoms with E-state index in [4.69, 9.17) is 0 Å². The Morgan fingerprint density at radius 3 is 2.45 bits per heavy atom. The fourth-order valence-electron chi connectivity index (χ4n) is 3.66. The van der Waals surface area contributed by atoms with E-state index in [1.807, 2.05) is 37.3 Å². The van der Waals surface area contributed by atoms with Crippen LogP contribution >= 0.6 is 0 Å². The largest absolute Gasteiger partial charge is 0.292 e. The molecule has 2 aliphatic rings. The maximum atomic E-state index is 12.7. The summed E-state index contributed by atoms with van der Waals surface area (Å²) in [4.78, 5) is 28.8. The van der Waals surface area contributed by atoms with Crippen LogP contribution in [0, 0.1) is 0 Å². The molecule has 2 fully saturated rings. The van der Waals surface area contributed by atoms with Crippen LogP contribution in [0.3, 0.4) is 0 Å². The van der Waals surface area contributed by atoms with Crippen LogP contribution in [-0.2, 0) is 16.0 Å². The first kappa shape index (κ1) is 15.2. The molecule has 2 saturated heterocycles. The summed E-state index contributed by atoms with van der Waals surface area (Å²) in [7, 11) is 0. The van der Waals surface area contributed by atoms with Gasteiger partial charge >= 0.3 is 0 Å². The number of piperidine rings is 1. The van der Waals surface area contributed by atoms with Crippen LogP contribution in [0.15, 0.2) is 30.3 Å². The predicted molar refractivity (Wildman–Crippen MR) is 85.3 cm³/mol. The van der Waals surface area contributed by atoms with Crippen molar-refractivity contribution in [2.24, 2.45) is 0 Å². The number of carbonyl (C=O) groups excluding carboxylic acids is 2. The molecule has 2 aliphatic heterocycles. The zero-order valence-corrected chi connectivity index (χ0v) is 13.2. The predicted octanol–water partition coefficient (Wildman–Crippen LogP) is 2.23. The van der Waals surface area contributed by atoms with Crippen molar-refractivity contribution in [3.05, 3.63) is 35.9 Å². The van der Waals surface area contributed by atoms with Gasteiger partial charge in [0.15, 0.2) is 0 Å². The van der Waals surface area contributed by atoms with Crippen molar-refractivity contribution in [1.82, 2.24) is 9.80 Å². The number of benzene rings is 1. The third kappa shape index (κ3) is 3.07. The van der Waals surface area contributed by atoms with Gasteiger partial charge in [-0.25, -0.2) is 0 Å². The van der Waals surface area contributed by atoms with Gasteiger partial charge in [0.25, 0.3) is 0 Å². The lowest BCUT2D eigenvalue weighted by molar-refractivity contribution is -0.142. The lowest BCUT2D eigenvalue weighted by Gasteiger charge is -2.31. The van der Waals surface area contributed by atoms with Crippen molar-refractivity contribution >= 4 is 11.8 Å². The lowest BCUT2D eigenvalue weighted by Crippen LogP contribution is -2.46. The van der Waals surface area contributed by atoms with Gasteiger partial charge in [0.1, 0.15) is 0 Å². The van der Waals surface area contributed by atoms with E-state index in [2.05, 4.69) is 4.90 Å². The van der Waals surface area contributed by atoms with E-state index in [1.165, 1.54) is 11.3 Å². The van der Waals surface area contributed by atoms with Gasteiger partial charge in [0.2, 0.25) is 11.8 Å². The quantitative estimate of drug-likeness (QED) is 0.801. The van der Waals surface area contributed by atoms with Crippen LogP contribution in [0.4, 0.5) is 0 Å².